The molecule has 0 saturated heterocycles. The van der Waals surface area contributed by atoms with E-state index < -0.39 is 17.6 Å². The van der Waals surface area contributed by atoms with Crippen molar-refractivity contribution in [2.45, 2.75) is 13.1 Å². The van der Waals surface area contributed by atoms with Crippen molar-refractivity contribution < 1.29 is 26.9 Å². The second-order valence-corrected chi connectivity index (χ2v) is 4.77. The first-order valence-electron chi connectivity index (χ1n) is 6.59. The second kappa shape index (κ2) is 5.80. The molecule has 0 saturated carbocycles. The van der Waals surface area contributed by atoms with Crippen LogP contribution >= 0.6 is 0 Å². The Bertz CT molecular complexity index is 868. The van der Waals surface area contributed by atoms with Crippen LogP contribution in [0.25, 0.3) is 11.5 Å². The minimum atomic E-state index is -4.43. The number of nitrogens with one attached hydrogen (secondary N) is 1. The zero-order valence-electron chi connectivity index (χ0n) is 12.1. The van der Waals surface area contributed by atoms with Gasteiger partial charge in [0.2, 0.25) is 11.7 Å². The van der Waals surface area contributed by atoms with Gasteiger partial charge in [-0.15, -0.1) is 5.10 Å². The number of benzene rings is 1. The molecule has 0 bridgehead atoms. The van der Waals surface area contributed by atoms with E-state index in [1.165, 1.54) is 18.2 Å². The van der Waals surface area contributed by atoms with Gasteiger partial charge in [-0.2, -0.15) is 13.2 Å². The first-order valence-corrected chi connectivity index (χ1v) is 6.59. The molecule has 24 heavy (non-hydrogen) atoms. The molecule has 3 aromatic rings. The summed E-state index contributed by atoms with van der Waals surface area (Å²) < 4.78 is 47.5. The SMILES string of the molecule is Cc1cc(C(=O)Nc2nnc(-c3ccc(C(F)(F)F)cc3)o2)on1. The fraction of sp³-hybridized carbons (Fsp3) is 0.143. The van der Waals surface area contributed by atoms with Gasteiger partial charge in [0.1, 0.15) is 0 Å². The van der Waals surface area contributed by atoms with Gasteiger partial charge >= 0.3 is 12.2 Å². The minimum Gasteiger partial charge on any atom is -0.403 e. The van der Waals surface area contributed by atoms with Gasteiger partial charge in [0.25, 0.3) is 5.91 Å². The molecule has 0 radical (unpaired) electrons. The molecule has 10 heteroatoms. The maximum Gasteiger partial charge on any atom is 0.416 e. The van der Waals surface area contributed by atoms with Crippen LogP contribution in [0.4, 0.5) is 19.2 Å². The Balaban J connectivity index is 1.74. The highest BCUT2D eigenvalue weighted by molar-refractivity contribution is 6.00. The van der Waals surface area contributed by atoms with E-state index in [1.807, 2.05) is 0 Å². The fourth-order valence-corrected chi connectivity index (χ4v) is 1.82. The van der Waals surface area contributed by atoms with Crippen LogP contribution in [0, 0.1) is 6.92 Å². The van der Waals surface area contributed by atoms with E-state index in [0.717, 1.165) is 12.1 Å². The number of hydrogen-bond donors (Lipinski definition) is 1. The normalized spacial score (nSPS) is 11.5. The molecule has 2 aromatic heterocycles. The highest BCUT2D eigenvalue weighted by Crippen LogP contribution is 2.30. The summed E-state index contributed by atoms with van der Waals surface area (Å²) in [5.74, 6) is -0.715. The maximum atomic E-state index is 12.5. The number of aryl methyl sites for hydroxylation is 1. The monoisotopic (exact) mass is 338 g/mol. The summed E-state index contributed by atoms with van der Waals surface area (Å²) in [5, 5.41) is 13.1. The number of aromatic nitrogens is 3. The average Bonchev–Trinajstić information content (AvgIpc) is 3.16. The van der Waals surface area contributed by atoms with Crippen molar-refractivity contribution in [3.05, 3.63) is 47.3 Å². The quantitative estimate of drug-likeness (QED) is 0.787. The number of hydrogen-bond acceptors (Lipinski definition) is 6. The van der Waals surface area contributed by atoms with Crippen molar-refractivity contribution in [1.82, 2.24) is 15.4 Å². The lowest BCUT2D eigenvalue weighted by molar-refractivity contribution is -0.137. The Morgan fingerprint density at radius 1 is 1.17 bits per heavy atom. The molecule has 0 aliphatic heterocycles. The third-order valence-corrected chi connectivity index (χ3v) is 2.96. The Morgan fingerprint density at radius 2 is 1.88 bits per heavy atom. The Hall–Kier alpha value is -3.17. The van der Waals surface area contributed by atoms with Gasteiger partial charge in [0.15, 0.2) is 0 Å². The topological polar surface area (TPSA) is 94.1 Å². The second-order valence-electron chi connectivity index (χ2n) is 4.77. The first-order chi connectivity index (χ1) is 11.3. The summed E-state index contributed by atoms with van der Waals surface area (Å²) in [6.45, 7) is 1.65. The van der Waals surface area contributed by atoms with Crippen LogP contribution in [0.1, 0.15) is 21.8 Å². The molecular weight excluding hydrogens is 329 g/mol. The number of nitrogens with zero attached hydrogens (tertiary/aromatic N) is 3. The van der Waals surface area contributed by atoms with Gasteiger partial charge in [0.05, 0.1) is 11.3 Å². The van der Waals surface area contributed by atoms with E-state index in [4.69, 9.17) is 8.94 Å². The van der Waals surface area contributed by atoms with Crippen molar-refractivity contribution in [3.63, 3.8) is 0 Å². The van der Waals surface area contributed by atoms with Gasteiger partial charge < -0.3 is 8.94 Å². The summed E-state index contributed by atoms with van der Waals surface area (Å²) in [4.78, 5) is 11.8. The van der Waals surface area contributed by atoms with Gasteiger partial charge in [-0.25, -0.2) is 0 Å². The molecule has 3 rings (SSSR count). The third kappa shape index (κ3) is 3.26. The molecule has 0 atom stereocenters. The molecule has 0 unspecified atom stereocenters. The van der Waals surface area contributed by atoms with Crippen LogP contribution in [-0.4, -0.2) is 21.3 Å². The zero-order chi connectivity index (χ0) is 17.3. The summed E-state index contributed by atoms with van der Waals surface area (Å²) in [6.07, 6.45) is -4.43. The lowest BCUT2D eigenvalue weighted by Gasteiger charge is -2.05. The Labute approximate surface area is 132 Å². The van der Waals surface area contributed by atoms with E-state index in [0.29, 0.717) is 5.69 Å². The molecule has 1 aromatic carbocycles. The summed E-state index contributed by atoms with van der Waals surface area (Å²) in [7, 11) is 0. The average molecular weight is 338 g/mol. The van der Waals surface area contributed by atoms with E-state index in [9.17, 15) is 18.0 Å². The van der Waals surface area contributed by atoms with Crippen LogP contribution in [0.15, 0.2) is 39.3 Å². The number of carbonyl (C=O) groups excluding carboxylic acids is 1. The van der Waals surface area contributed by atoms with E-state index >= 15 is 0 Å². The molecular formula is C14H9F3N4O3. The first kappa shape index (κ1) is 15.7. The van der Waals surface area contributed by atoms with Crippen LogP contribution in [0.2, 0.25) is 0 Å². The van der Waals surface area contributed by atoms with Gasteiger partial charge in [-0.05, 0) is 31.2 Å². The molecule has 124 valence electrons. The van der Waals surface area contributed by atoms with Gasteiger partial charge in [0, 0.05) is 11.6 Å². The third-order valence-electron chi connectivity index (χ3n) is 2.96. The minimum absolute atomic E-state index is 0.0345. The lowest BCUT2D eigenvalue weighted by Crippen LogP contribution is -2.11. The van der Waals surface area contributed by atoms with Crippen molar-refractivity contribution in [1.29, 1.82) is 0 Å². The Morgan fingerprint density at radius 3 is 2.46 bits per heavy atom. The number of alkyl halides is 3. The highest BCUT2D eigenvalue weighted by atomic mass is 19.4. The van der Waals surface area contributed by atoms with Crippen LogP contribution < -0.4 is 5.32 Å². The molecule has 0 aliphatic rings. The summed E-state index contributed by atoms with van der Waals surface area (Å²) in [5.41, 5.74) is 0.0163. The van der Waals surface area contributed by atoms with E-state index in [-0.39, 0.29) is 23.2 Å². The van der Waals surface area contributed by atoms with Crippen LogP contribution in [0.5, 0.6) is 0 Å². The van der Waals surface area contributed by atoms with E-state index in [1.54, 1.807) is 6.92 Å². The molecule has 0 fully saturated rings. The smallest absolute Gasteiger partial charge is 0.403 e. The molecule has 1 amide bonds. The summed E-state index contributed by atoms with van der Waals surface area (Å²) in [6, 6.07) is 5.39. The lowest BCUT2D eigenvalue weighted by atomic mass is 10.1. The zero-order valence-corrected chi connectivity index (χ0v) is 12.1. The predicted octanol–water partition coefficient (Wildman–Crippen LogP) is 3.30. The van der Waals surface area contributed by atoms with Crippen molar-refractivity contribution >= 4 is 11.9 Å². The van der Waals surface area contributed by atoms with E-state index in [2.05, 4.69) is 20.7 Å². The van der Waals surface area contributed by atoms with Crippen molar-refractivity contribution in [2.24, 2.45) is 0 Å². The summed E-state index contributed by atoms with van der Waals surface area (Å²) >= 11 is 0. The number of anilines is 1. The van der Waals surface area contributed by atoms with Crippen LogP contribution in [-0.2, 0) is 6.18 Å². The van der Waals surface area contributed by atoms with Crippen molar-refractivity contribution in [3.8, 4) is 11.5 Å². The molecule has 0 aliphatic carbocycles. The van der Waals surface area contributed by atoms with Crippen LogP contribution in [0.3, 0.4) is 0 Å². The number of carbonyl (C=O) groups is 1. The van der Waals surface area contributed by atoms with Crippen molar-refractivity contribution in [2.75, 3.05) is 5.32 Å². The molecule has 2 heterocycles. The standard InChI is InChI=1S/C14H9F3N4O3/c1-7-6-10(24-21-7)11(22)18-13-20-19-12(23-13)8-2-4-9(5-3-8)14(15,16)17/h2-6H,1H3,(H,18,20,22). The molecule has 7 nitrogen and oxygen atoms in total. The number of rotatable bonds is 3. The highest BCUT2D eigenvalue weighted by Gasteiger charge is 2.30. The number of amides is 1. The molecule has 0 spiro atoms. The Kier molecular flexibility index (Phi) is 3.80. The predicted molar refractivity (Wildman–Crippen MR) is 73.9 cm³/mol. The largest absolute Gasteiger partial charge is 0.416 e. The molecule has 1 N–H and O–H groups in total. The fourth-order valence-electron chi connectivity index (χ4n) is 1.82. The van der Waals surface area contributed by atoms with Gasteiger partial charge in [-0.3, -0.25) is 10.1 Å². The number of halogens is 3. The maximum absolute atomic E-state index is 12.5. The van der Waals surface area contributed by atoms with Gasteiger partial charge in [-0.1, -0.05) is 10.3 Å².